The quantitative estimate of drug-likeness (QED) is 0.527. The van der Waals surface area contributed by atoms with Gasteiger partial charge in [-0.25, -0.2) is 8.42 Å². The minimum Gasteiger partial charge on any atom is -0.383 e. The molecule has 9 heteroatoms. The molecule has 1 aromatic carbocycles. The van der Waals surface area contributed by atoms with Gasteiger partial charge >= 0.3 is 0 Å². The summed E-state index contributed by atoms with van der Waals surface area (Å²) in [5, 5.41) is 19.6. The standard InChI is InChI=1S/C13H17N3O5S/c1-11-4-5-12(10-13(11)16(17)18)22(19,20)15(7-3-6-14)8-9-21-2/h4-5,10H,3,7-9H2,1-2H3. The molecule has 0 spiro atoms. The van der Waals surface area contributed by atoms with Crippen LogP contribution in [0, 0.1) is 28.4 Å². The fraction of sp³-hybridized carbons (Fsp3) is 0.462. The first-order valence-corrected chi connectivity index (χ1v) is 7.89. The van der Waals surface area contributed by atoms with Crippen LogP contribution < -0.4 is 0 Å². The second-order valence-electron chi connectivity index (χ2n) is 4.51. The lowest BCUT2D eigenvalue weighted by molar-refractivity contribution is -0.385. The molecule has 0 saturated heterocycles. The molecule has 0 atom stereocenters. The Morgan fingerprint density at radius 2 is 2.09 bits per heavy atom. The predicted octanol–water partition coefficient (Wildman–Crippen LogP) is 1.45. The summed E-state index contributed by atoms with van der Waals surface area (Å²) in [6.45, 7) is 1.78. The molecule has 0 radical (unpaired) electrons. The van der Waals surface area contributed by atoms with E-state index in [0.717, 1.165) is 10.4 Å². The summed E-state index contributed by atoms with van der Waals surface area (Å²) in [4.78, 5) is 10.2. The Morgan fingerprint density at radius 3 is 2.64 bits per heavy atom. The number of nitro benzene ring substituents is 1. The number of rotatable bonds is 8. The van der Waals surface area contributed by atoms with Crippen LogP contribution >= 0.6 is 0 Å². The van der Waals surface area contributed by atoms with E-state index in [2.05, 4.69) is 0 Å². The molecular formula is C13H17N3O5S. The van der Waals surface area contributed by atoms with Gasteiger partial charge in [0.25, 0.3) is 5.69 Å². The number of aryl methyl sites for hydroxylation is 1. The van der Waals surface area contributed by atoms with Crippen molar-refractivity contribution in [2.75, 3.05) is 26.8 Å². The van der Waals surface area contributed by atoms with Gasteiger partial charge in [-0.2, -0.15) is 9.57 Å². The Labute approximate surface area is 129 Å². The summed E-state index contributed by atoms with van der Waals surface area (Å²) in [6, 6.07) is 5.64. The molecular weight excluding hydrogens is 310 g/mol. The van der Waals surface area contributed by atoms with Gasteiger partial charge in [0.1, 0.15) is 0 Å². The number of nitriles is 1. The van der Waals surface area contributed by atoms with Crippen LogP contribution in [-0.4, -0.2) is 44.5 Å². The van der Waals surface area contributed by atoms with Gasteiger partial charge in [0, 0.05) is 38.2 Å². The lowest BCUT2D eigenvalue weighted by Crippen LogP contribution is -2.34. The third-order valence-corrected chi connectivity index (χ3v) is 4.93. The van der Waals surface area contributed by atoms with Crippen molar-refractivity contribution in [3.63, 3.8) is 0 Å². The minimum absolute atomic E-state index is 0.00384. The second kappa shape index (κ2) is 7.84. The first-order chi connectivity index (χ1) is 10.3. The zero-order valence-corrected chi connectivity index (χ0v) is 13.2. The molecule has 0 saturated carbocycles. The van der Waals surface area contributed by atoms with Gasteiger partial charge in [0.2, 0.25) is 10.0 Å². The van der Waals surface area contributed by atoms with E-state index in [1.54, 1.807) is 0 Å². The van der Waals surface area contributed by atoms with Gasteiger partial charge in [-0.1, -0.05) is 6.07 Å². The lowest BCUT2D eigenvalue weighted by atomic mass is 10.2. The van der Waals surface area contributed by atoms with Crippen LogP contribution in [-0.2, 0) is 14.8 Å². The minimum atomic E-state index is -3.92. The summed E-state index contributed by atoms with van der Waals surface area (Å²) in [7, 11) is -2.48. The van der Waals surface area contributed by atoms with Crippen molar-refractivity contribution in [2.24, 2.45) is 0 Å². The Bertz CT molecular complexity index is 681. The molecule has 0 aliphatic heterocycles. The molecule has 1 rings (SSSR count). The number of methoxy groups -OCH3 is 1. The molecule has 0 bridgehead atoms. The van der Waals surface area contributed by atoms with E-state index < -0.39 is 14.9 Å². The van der Waals surface area contributed by atoms with Gasteiger partial charge in [-0.3, -0.25) is 10.1 Å². The molecule has 1 aromatic rings. The van der Waals surface area contributed by atoms with Crippen molar-refractivity contribution in [3.8, 4) is 6.07 Å². The summed E-state index contributed by atoms with van der Waals surface area (Å²) in [6.07, 6.45) is 0.0247. The number of hydrogen-bond donors (Lipinski definition) is 0. The number of benzene rings is 1. The number of nitro groups is 1. The molecule has 0 heterocycles. The van der Waals surface area contributed by atoms with E-state index in [1.165, 1.54) is 26.2 Å². The van der Waals surface area contributed by atoms with Crippen molar-refractivity contribution in [3.05, 3.63) is 33.9 Å². The first-order valence-electron chi connectivity index (χ1n) is 6.45. The zero-order valence-electron chi connectivity index (χ0n) is 12.4. The number of nitrogens with zero attached hydrogens (tertiary/aromatic N) is 3. The predicted molar refractivity (Wildman–Crippen MR) is 78.7 cm³/mol. The highest BCUT2D eigenvalue weighted by Crippen LogP contribution is 2.24. The molecule has 22 heavy (non-hydrogen) atoms. The van der Waals surface area contributed by atoms with Crippen molar-refractivity contribution in [2.45, 2.75) is 18.2 Å². The smallest absolute Gasteiger partial charge is 0.273 e. The van der Waals surface area contributed by atoms with Gasteiger partial charge in [-0.15, -0.1) is 0 Å². The van der Waals surface area contributed by atoms with Gasteiger partial charge < -0.3 is 4.74 Å². The maximum Gasteiger partial charge on any atom is 0.273 e. The van der Waals surface area contributed by atoms with Gasteiger partial charge in [0.05, 0.1) is 22.5 Å². The van der Waals surface area contributed by atoms with E-state index in [1.807, 2.05) is 6.07 Å². The zero-order chi connectivity index (χ0) is 16.8. The van der Waals surface area contributed by atoms with Crippen LogP contribution in [0.1, 0.15) is 12.0 Å². The highest BCUT2D eigenvalue weighted by Gasteiger charge is 2.26. The van der Waals surface area contributed by atoms with E-state index in [-0.39, 0.29) is 36.7 Å². The molecule has 0 amide bonds. The number of sulfonamides is 1. The number of ether oxygens (including phenoxy) is 1. The molecule has 0 N–H and O–H groups in total. The molecule has 0 aliphatic carbocycles. The highest BCUT2D eigenvalue weighted by atomic mass is 32.2. The third-order valence-electron chi connectivity index (χ3n) is 3.03. The fourth-order valence-electron chi connectivity index (χ4n) is 1.82. The Morgan fingerprint density at radius 1 is 1.41 bits per heavy atom. The van der Waals surface area contributed by atoms with Crippen molar-refractivity contribution in [1.29, 1.82) is 5.26 Å². The van der Waals surface area contributed by atoms with Gasteiger partial charge in [-0.05, 0) is 13.0 Å². The molecule has 0 aliphatic rings. The average molecular weight is 327 g/mol. The third kappa shape index (κ3) is 4.24. The largest absolute Gasteiger partial charge is 0.383 e. The summed E-state index contributed by atoms with van der Waals surface area (Å²) in [5.41, 5.74) is 0.123. The SMILES string of the molecule is COCCN(CCC#N)S(=O)(=O)c1ccc(C)c([N+](=O)[O-])c1. The Kier molecular flexibility index (Phi) is 6.42. The summed E-state index contributed by atoms with van der Waals surface area (Å²) >= 11 is 0. The van der Waals surface area contributed by atoms with Gasteiger partial charge in [0.15, 0.2) is 0 Å². The highest BCUT2D eigenvalue weighted by molar-refractivity contribution is 7.89. The summed E-state index contributed by atoms with van der Waals surface area (Å²) in [5.74, 6) is 0. The fourth-order valence-corrected chi connectivity index (χ4v) is 3.26. The van der Waals surface area contributed by atoms with Crippen LogP contribution in [0.2, 0.25) is 0 Å². The van der Waals surface area contributed by atoms with Crippen molar-refractivity contribution >= 4 is 15.7 Å². The van der Waals surface area contributed by atoms with E-state index in [9.17, 15) is 18.5 Å². The van der Waals surface area contributed by atoms with Crippen molar-refractivity contribution < 1.29 is 18.1 Å². The van der Waals surface area contributed by atoms with E-state index in [4.69, 9.17) is 10.00 Å². The maximum absolute atomic E-state index is 12.6. The topological polar surface area (TPSA) is 114 Å². The molecule has 0 fully saturated rings. The first kappa shape index (κ1) is 18.0. The van der Waals surface area contributed by atoms with Crippen LogP contribution in [0.25, 0.3) is 0 Å². The lowest BCUT2D eigenvalue weighted by Gasteiger charge is -2.20. The normalized spacial score (nSPS) is 11.4. The molecule has 0 aromatic heterocycles. The van der Waals surface area contributed by atoms with Crippen LogP contribution in [0.4, 0.5) is 5.69 Å². The van der Waals surface area contributed by atoms with Crippen molar-refractivity contribution in [1.82, 2.24) is 4.31 Å². The number of hydrogen-bond acceptors (Lipinski definition) is 6. The van der Waals surface area contributed by atoms with E-state index >= 15 is 0 Å². The second-order valence-corrected chi connectivity index (χ2v) is 6.45. The van der Waals surface area contributed by atoms with Crippen LogP contribution in [0.3, 0.4) is 0 Å². The summed E-state index contributed by atoms with van der Waals surface area (Å²) < 4.78 is 31.1. The van der Waals surface area contributed by atoms with E-state index in [0.29, 0.717) is 5.56 Å². The molecule has 8 nitrogen and oxygen atoms in total. The Balaban J connectivity index is 3.21. The monoisotopic (exact) mass is 327 g/mol. The molecule has 120 valence electrons. The maximum atomic E-state index is 12.6. The average Bonchev–Trinajstić information content (AvgIpc) is 2.47. The van der Waals surface area contributed by atoms with Crippen LogP contribution in [0.5, 0.6) is 0 Å². The Hall–Kier alpha value is -2.02. The van der Waals surface area contributed by atoms with Crippen LogP contribution in [0.15, 0.2) is 23.1 Å². The molecule has 0 unspecified atom stereocenters.